The molecule has 0 aromatic rings. The Kier molecular flexibility index (Phi) is 63.6. The Morgan fingerprint density at radius 1 is 0.260 bits per heavy atom. The lowest BCUT2D eigenvalue weighted by Crippen LogP contribution is -2.30. The molecule has 0 amide bonds. The fourth-order valence-electron chi connectivity index (χ4n) is 10.1. The van der Waals surface area contributed by atoms with E-state index in [4.69, 9.17) is 14.2 Å². The first kappa shape index (κ1) is 74.4. The van der Waals surface area contributed by atoms with E-state index < -0.39 is 6.10 Å². The number of rotatable bonds is 63. The van der Waals surface area contributed by atoms with Gasteiger partial charge < -0.3 is 14.2 Å². The quantitative estimate of drug-likeness (QED) is 0.0261. The van der Waals surface area contributed by atoms with E-state index in [1.54, 1.807) is 0 Å². The van der Waals surface area contributed by atoms with Gasteiger partial charge in [0.25, 0.3) is 0 Å². The fraction of sp³-hybridized carbons (Fsp3) is 0.845. The lowest BCUT2D eigenvalue weighted by molar-refractivity contribution is -0.167. The molecule has 0 aromatic carbocycles. The summed E-state index contributed by atoms with van der Waals surface area (Å²) in [7, 11) is 0. The van der Waals surface area contributed by atoms with E-state index in [9.17, 15) is 14.4 Å². The summed E-state index contributed by atoms with van der Waals surface area (Å²) in [5, 5.41) is 0. The van der Waals surface area contributed by atoms with Crippen LogP contribution < -0.4 is 0 Å². The average Bonchev–Trinajstić information content (AvgIpc) is 3.43. The van der Waals surface area contributed by atoms with Gasteiger partial charge in [-0.25, -0.2) is 0 Å². The molecular formula is C71H130O6. The van der Waals surface area contributed by atoms with Gasteiger partial charge in [0.2, 0.25) is 0 Å². The van der Waals surface area contributed by atoms with E-state index in [0.29, 0.717) is 19.3 Å². The van der Waals surface area contributed by atoms with Crippen molar-refractivity contribution < 1.29 is 28.6 Å². The van der Waals surface area contributed by atoms with Crippen LogP contribution in [0.1, 0.15) is 367 Å². The van der Waals surface area contributed by atoms with Gasteiger partial charge >= 0.3 is 17.9 Å². The van der Waals surface area contributed by atoms with Crippen LogP contribution in [-0.4, -0.2) is 37.2 Å². The van der Waals surface area contributed by atoms with Crippen LogP contribution in [0.5, 0.6) is 0 Å². The maximum Gasteiger partial charge on any atom is 0.306 e. The molecule has 0 heterocycles. The SMILES string of the molecule is CCCCC/C=C\C/C=C\CCCCCCCCCC(=O)OC(COC(=O)CCCCCCC/C=C\CCCCCCCC)COC(=O)CCCCCCCCCCCCCCCCC/C=C\CCCCCCCCCC. The van der Waals surface area contributed by atoms with E-state index in [2.05, 4.69) is 69.4 Å². The smallest absolute Gasteiger partial charge is 0.306 e. The molecule has 0 bridgehead atoms. The van der Waals surface area contributed by atoms with Gasteiger partial charge in [0.05, 0.1) is 0 Å². The van der Waals surface area contributed by atoms with Gasteiger partial charge in [-0.05, 0) is 103 Å². The molecule has 0 aliphatic carbocycles. The van der Waals surface area contributed by atoms with Crippen molar-refractivity contribution in [2.75, 3.05) is 13.2 Å². The molecule has 1 unspecified atom stereocenters. The zero-order valence-corrected chi connectivity index (χ0v) is 51.7. The molecule has 77 heavy (non-hydrogen) atoms. The number of allylic oxidation sites excluding steroid dienone is 8. The maximum absolute atomic E-state index is 12.9. The summed E-state index contributed by atoms with van der Waals surface area (Å²) in [6.07, 6.45) is 82.7. The average molecular weight is 1080 g/mol. The van der Waals surface area contributed by atoms with Crippen molar-refractivity contribution in [2.45, 2.75) is 374 Å². The Bertz CT molecular complexity index is 1330. The Morgan fingerprint density at radius 2 is 0.468 bits per heavy atom. The molecule has 1 atom stereocenters. The Balaban J connectivity index is 4.25. The number of carbonyl (C=O) groups excluding carboxylic acids is 3. The second-order valence-corrected chi connectivity index (χ2v) is 23.1. The monoisotopic (exact) mass is 1080 g/mol. The third kappa shape index (κ3) is 64.1. The Hall–Kier alpha value is -2.63. The van der Waals surface area contributed by atoms with Crippen LogP contribution in [0.4, 0.5) is 0 Å². The van der Waals surface area contributed by atoms with Gasteiger partial charge in [0, 0.05) is 19.3 Å². The third-order valence-electron chi connectivity index (χ3n) is 15.3. The molecule has 0 fully saturated rings. The number of hydrogen-bond donors (Lipinski definition) is 0. The van der Waals surface area contributed by atoms with Crippen LogP contribution in [0.15, 0.2) is 48.6 Å². The number of ether oxygens (including phenoxy) is 3. The highest BCUT2D eigenvalue weighted by Crippen LogP contribution is 2.17. The van der Waals surface area contributed by atoms with Gasteiger partial charge in [-0.3, -0.25) is 14.4 Å². The van der Waals surface area contributed by atoms with Crippen molar-refractivity contribution in [3.8, 4) is 0 Å². The summed E-state index contributed by atoms with van der Waals surface area (Å²) in [6.45, 7) is 6.65. The van der Waals surface area contributed by atoms with Crippen LogP contribution in [0, 0.1) is 0 Å². The van der Waals surface area contributed by atoms with Crippen molar-refractivity contribution in [2.24, 2.45) is 0 Å². The number of carbonyl (C=O) groups is 3. The first-order valence-corrected chi connectivity index (χ1v) is 34.1. The Labute approximate surface area is 479 Å². The van der Waals surface area contributed by atoms with Gasteiger partial charge in [0.1, 0.15) is 13.2 Å². The second-order valence-electron chi connectivity index (χ2n) is 23.1. The first-order valence-electron chi connectivity index (χ1n) is 34.1. The predicted octanol–water partition coefficient (Wildman–Crippen LogP) is 23.3. The van der Waals surface area contributed by atoms with Crippen LogP contribution in [0.3, 0.4) is 0 Å². The summed E-state index contributed by atoms with van der Waals surface area (Å²) in [5.41, 5.74) is 0. The summed E-state index contributed by atoms with van der Waals surface area (Å²) in [4.78, 5) is 38.4. The molecule has 6 heteroatoms. The summed E-state index contributed by atoms with van der Waals surface area (Å²) < 4.78 is 17.0. The molecule has 0 aliphatic rings. The number of hydrogen-bond acceptors (Lipinski definition) is 6. The Morgan fingerprint density at radius 3 is 0.753 bits per heavy atom. The van der Waals surface area contributed by atoms with Crippen molar-refractivity contribution in [3.05, 3.63) is 48.6 Å². The topological polar surface area (TPSA) is 78.9 Å². The zero-order chi connectivity index (χ0) is 55.7. The lowest BCUT2D eigenvalue weighted by Gasteiger charge is -2.18. The van der Waals surface area contributed by atoms with E-state index >= 15 is 0 Å². The minimum atomic E-state index is -0.781. The molecule has 0 aliphatic heterocycles. The molecule has 0 N–H and O–H groups in total. The first-order chi connectivity index (χ1) is 38.0. The van der Waals surface area contributed by atoms with Gasteiger partial charge in [-0.1, -0.05) is 294 Å². The lowest BCUT2D eigenvalue weighted by atomic mass is 10.0. The second kappa shape index (κ2) is 65.9. The molecule has 0 saturated heterocycles. The molecule has 0 radical (unpaired) electrons. The van der Waals surface area contributed by atoms with Crippen LogP contribution in [-0.2, 0) is 28.6 Å². The minimum absolute atomic E-state index is 0.0759. The van der Waals surface area contributed by atoms with E-state index in [0.717, 1.165) is 77.0 Å². The summed E-state index contributed by atoms with van der Waals surface area (Å²) >= 11 is 0. The number of unbranched alkanes of at least 4 members (excludes halogenated alkanes) is 44. The molecule has 0 rings (SSSR count). The minimum Gasteiger partial charge on any atom is -0.462 e. The highest BCUT2D eigenvalue weighted by molar-refractivity contribution is 5.71. The van der Waals surface area contributed by atoms with E-state index in [1.165, 1.54) is 250 Å². The highest BCUT2D eigenvalue weighted by Gasteiger charge is 2.19. The van der Waals surface area contributed by atoms with Gasteiger partial charge in [-0.2, -0.15) is 0 Å². The molecule has 0 spiro atoms. The van der Waals surface area contributed by atoms with Crippen LogP contribution in [0.2, 0.25) is 0 Å². The maximum atomic E-state index is 12.9. The van der Waals surface area contributed by atoms with Crippen molar-refractivity contribution >= 4 is 17.9 Å². The fourth-order valence-corrected chi connectivity index (χ4v) is 10.1. The molecule has 0 aromatic heterocycles. The normalized spacial score (nSPS) is 12.3. The predicted molar refractivity (Wildman–Crippen MR) is 335 cm³/mol. The largest absolute Gasteiger partial charge is 0.462 e. The zero-order valence-electron chi connectivity index (χ0n) is 51.7. The molecule has 6 nitrogen and oxygen atoms in total. The standard InChI is InChI=1S/C71H130O6/c1-4-7-10-13-16-19-22-25-28-30-31-32-33-34-35-36-37-38-39-41-43-46-49-52-55-58-61-64-70(73)76-67-68(66-75-69(72)63-60-57-54-51-48-45-42-27-24-21-18-15-12-9-6-3)77-71(74)65-62-59-56-53-50-47-44-40-29-26-23-20-17-14-11-8-5-2/h17,20,26-27,29-31,42,68H,4-16,18-19,21-25,28,32-41,43-67H2,1-3H3/b20-17-,29-26-,31-30-,42-27-. The van der Waals surface area contributed by atoms with Crippen molar-refractivity contribution in [3.63, 3.8) is 0 Å². The van der Waals surface area contributed by atoms with Crippen LogP contribution in [0.25, 0.3) is 0 Å². The van der Waals surface area contributed by atoms with Gasteiger partial charge in [-0.15, -0.1) is 0 Å². The molecular weight excluding hydrogens is 949 g/mol. The molecule has 450 valence electrons. The van der Waals surface area contributed by atoms with Crippen LogP contribution >= 0.6 is 0 Å². The molecule has 0 saturated carbocycles. The van der Waals surface area contributed by atoms with E-state index in [-0.39, 0.29) is 31.1 Å². The van der Waals surface area contributed by atoms with Crippen molar-refractivity contribution in [1.29, 1.82) is 0 Å². The van der Waals surface area contributed by atoms with Crippen molar-refractivity contribution in [1.82, 2.24) is 0 Å². The van der Waals surface area contributed by atoms with E-state index in [1.807, 2.05) is 0 Å². The highest BCUT2D eigenvalue weighted by atomic mass is 16.6. The summed E-state index contributed by atoms with van der Waals surface area (Å²) in [6, 6.07) is 0. The number of esters is 3. The van der Waals surface area contributed by atoms with Gasteiger partial charge in [0.15, 0.2) is 6.10 Å². The summed E-state index contributed by atoms with van der Waals surface area (Å²) in [5.74, 6) is -0.870. The third-order valence-corrected chi connectivity index (χ3v) is 15.3.